The molecule has 1 N–H and O–H groups in total. The fourth-order valence-electron chi connectivity index (χ4n) is 1.90. The van der Waals surface area contributed by atoms with Gasteiger partial charge in [-0.05, 0) is 52.1 Å². The summed E-state index contributed by atoms with van der Waals surface area (Å²) < 4.78 is 4.78. The highest BCUT2D eigenvalue weighted by Crippen LogP contribution is 2.27. The van der Waals surface area contributed by atoms with Gasteiger partial charge in [0.15, 0.2) is 0 Å². The van der Waals surface area contributed by atoms with E-state index < -0.39 is 0 Å². The van der Waals surface area contributed by atoms with Crippen LogP contribution < -0.4 is 5.32 Å². The predicted molar refractivity (Wildman–Crippen MR) is 56.0 cm³/mol. The maximum atomic E-state index is 11.4. The van der Waals surface area contributed by atoms with Crippen LogP contribution in [0.4, 0.5) is 0 Å². The second-order valence-electron chi connectivity index (χ2n) is 4.77. The van der Waals surface area contributed by atoms with E-state index in [0.29, 0.717) is 0 Å². The van der Waals surface area contributed by atoms with E-state index in [1.54, 1.807) is 0 Å². The van der Waals surface area contributed by atoms with E-state index in [1.165, 1.54) is 13.5 Å². The van der Waals surface area contributed by atoms with Gasteiger partial charge in [0.1, 0.15) is 0 Å². The number of esters is 1. The van der Waals surface area contributed by atoms with Crippen molar-refractivity contribution in [2.75, 3.05) is 20.2 Å². The summed E-state index contributed by atoms with van der Waals surface area (Å²) >= 11 is 0. The molecule has 1 unspecified atom stereocenters. The minimum absolute atomic E-state index is 0.0940. The lowest BCUT2D eigenvalue weighted by Crippen LogP contribution is -2.26. The van der Waals surface area contributed by atoms with Crippen LogP contribution in [0.5, 0.6) is 0 Å². The summed E-state index contributed by atoms with van der Waals surface area (Å²) in [6.07, 6.45) is 3.29. The van der Waals surface area contributed by atoms with Crippen LogP contribution in [-0.2, 0) is 9.53 Å². The zero-order chi connectivity index (χ0) is 10.6. The summed E-state index contributed by atoms with van der Waals surface area (Å²) in [7, 11) is 1.46. The highest BCUT2D eigenvalue weighted by Gasteiger charge is 2.29. The van der Waals surface area contributed by atoms with Crippen LogP contribution in [0.2, 0.25) is 0 Å². The van der Waals surface area contributed by atoms with E-state index in [-0.39, 0.29) is 11.4 Å². The third-order valence-corrected chi connectivity index (χ3v) is 3.08. The molecular weight excluding hydrogens is 178 g/mol. The molecule has 0 aromatic rings. The van der Waals surface area contributed by atoms with E-state index in [9.17, 15) is 4.79 Å². The number of carbonyl (C=O) groups is 1. The van der Waals surface area contributed by atoms with Crippen molar-refractivity contribution in [1.29, 1.82) is 0 Å². The molecule has 0 aliphatic carbocycles. The van der Waals surface area contributed by atoms with E-state index in [0.717, 1.165) is 31.8 Å². The average molecular weight is 199 g/mol. The van der Waals surface area contributed by atoms with Gasteiger partial charge < -0.3 is 10.1 Å². The second-order valence-corrected chi connectivity index (χ2v) is 4.77. The zero-order valence-corrected chi connectivity index (χ0v) is 9.43. The Balaban J connectivity index is 2.31. The maximum absolute atomic E-state index is 11.4. The van der Waals surface area contributed by atoms with Crippen molar-refractivity contribution >= 4 is 5.97 Å². The normalized spacial score (nSPS) is 22.4. The Labute approximate surface area is 86.2 Å². The average Bonchev–Trinajstić information content (AvgIpc) is 2.66. The van der Waals surface area contributed by atoms with Crippen LogP contribution in [0.3, 0.4) is 0 Å². The number of ether oxygens (including phenoxy) is 1. The molecule has 1 fully saturated rings. The van der Waals surface area contributed by atoms with Crippen LogP contribution in [0.15, 0.2) is 0 Å². The second kappa shape index (κ2) is 4.78. The summed E-state index contributed by atoms with van der Waals surface area (Å²) in [5.74, 6) is 0.655. The standard InChI is InChI=1S/C11H21NO2/c1-11(2,10(13)14-3)6-4-9-5-7-12-8-9/h9,12H,4-8H2,1-3H3. The third kappa shape index (κ3) is 2.98. The molecule has 1 saturated heterocycles. The number of rotatable bonds is 4. The number of hydrogen-bond donors (Lipinski definition) is 1. The van der Waals surface area contributed by atoms with Gasteiger partial charge in [0, 0.05) is 0 Å². The van der Waals surface area contributed by atoms with Gasteiger partial charge in [-0.25, -0.2) is 0 Å². The first-order chi connectivity index (χ1) is 6.56. The predicted octanol–water partition coefficient (Wildman–Crippen LogP) is 1.58. The van der Waals surface area contributed by atoms with Crippen molar-refractivity contribution in [2.24, 2.45) is 11.3 Å². The lowest BCUT2D eigenvalue weighted by molar-refractivity contribution is -0.151. The van der Waals surface area contributed by atoms with Gasteiger partial charge in [-0.15, -0.1) is 0 Å². The number of methoxy groups -OCH3 is 1. The first kappa shape index (κ1) is 11.5. The molecule has 0 spiro atoms. The summed E-state index contributed by atoms with van der Waals surface area (Å²) in [6.45, 7) is 6.16. The molecule has 3 heteroatoms. The Kier molecular flexibility index (Phi) is 3.93. The fraction of sp³-hybridized carbons (Fsp3) is 0.909. The SMILES string of the molecule is COC(=O)C(C)(C)CCC1CCNC1. The minimum atomic E-state index is -0.322. The number of hydrogen-bond acceptors (Lipinski definition) is 3. The Morgan fingerprint density at radius 2 is 2.29 bits per heavy atom. The Morgan fingerprint density at radius 1 is 1.57 bits per heavy atom. The van der Waals surface area contributed by atoms with Crippen LogP contribution in [-0.4, -0.2) is 26.2 Å². The van der Waals surface area contributed by atoms with Crippen molar-refractivity contribution in [1.82, 2.24) is 5.32 Å². The van der Waals surface area contributed by atoms with Gasteiger partial charge in [-0.2, -0.15) is 0 Å². The van der Waals surface area contributed by atoms with E-state index in [2.05, 4.69) is 5.32 Å². The number of carbonyl (C=O) groups excluding carboxylic acids is 1. The molecule has 0 bridgehead atoms. The van der Waals surface area contributed by atoms with Gasteiger partial charge in [0.25, 0.3) is 0 Å². The molecular formula is C11H21NO2. The largest absolute Gasteiger partial charge is 0.469 e. The van der Waals surface area contributed by atoms with Crippen LogP contribution in [0.25, 0.3) is 0 Å². The van der Waals surface area contributed by atoms with Crippen LogP contribution >= 0.6 is 0 Å². The molecule has 1 rings (SSSR count). The van der Waals surface area contributed by atoms with Crippen molar-refractivity contribution in [3.8, 4) is 0 Å². The molecule has 0 aromatic carbocycles. The highest BCUT2D eigenvalue weighted by atomic mass is 16.5. The van der Waals surface area contributed by atoms with Crippen molar-refractivity contribution in [2.45, 2.75) is 33.1 Å². The lowest BCUT2D eigenvalue weighted by atomic mass is 9.84. The maximum Gasteiger partial charge on any atom is 0.311 e. The first-order valence-corrected chi connectivity index (χ1v) is 5.35. The monoisotopic (exact) mass is 199 g/mol. The van der Waals surface area contributed by atoms with Crippen molar-refractivity contribution in [3.05, 3.63) is 0 Å². The number of nitrogens with one attached hydrogen (secondary N) is 1. The van der Waals surface area contributed by atoms with Gasteiger partial charge in [0.05, 0.1) is 12.5 Å². The topological polar surface area (TPSA) is 38.3 Å². The molecule has 1 atom stereocenters. The molecule has 3 nitrogen and oxygen atoms in total. The van der Waals surface area contributed by atoms with E-state index in [1.807, 2.05) is 13.8 Å². The molecule has 0 saturated carbocycles. The molecule has 0 amide bonds. The van der Waals surface area contributed by atoms with Crippen molar-refractivity contribution < 1.29 is 9.53 Å². The highest BCUT2D eigenvalue weighted by molar-refractivity contribution is 5.75. The zero-order valence-electron chi connectivity index (χ0n) is 9.43. The summed E-state index contributed by atoms with van der Waals surface area (Å²) in [4.78, 5) is 11.4. The molecule has 14 heavy (non-hydrogen) atoms. The lowest BCUT2D eigenvalue weighted by Gasteiger charge is -2.22. The van der Waals surface area contributed by atoms with Gasteiger partial charge >= 0.3 is 5.97 Å². The fourth-order valence-corrected chi connectivity index (χ4v) is 1.90. The van der Waals surface area contributed by atoms with Crippen molar-refractivity contribution in [3.63, 3.8) is 0 Å². The summed E-state index contributed by atoms with van der Waals surface area (Å²) in [6, 6.07) is 0. The summed E-state index contributed by atoms with van der Waals surface area (Å²) in [5, 5.41) is 3.34. The minimum Gasteiger partial charge on any atom is -0.469 e. The molecule has 1 aliphatic rings. The third-order valence-electron chi connectivity index (χ3n) is 3.08. The van der Waals surface area contributed by atoms with Crippen LogP contribution in [0, 0.1) is 11.3 Å². The Hall–Kier alpha value is -0.570. The molecule has 0 radical (unpaired) electrons. The van der Waals surface area contributed by atoms with E-state index in [4.69, 9.17) is 4.74 Å². The molecule has 0 aromatic heterocycles. The quantitative estimate of drug-likeness (QED) is 0.698. The Bertz CT molecular complexity index is 195. The molecule has 1 aliphatic heterocycles. The Morgan fingerprint density at radius 3 is 2.79 bits per heavy atom. The first-order valence-electron chi connectivity index (χ1n) is 5.35. The smallest absolute Gasteiger partial charge is 0.311 e. The summed E-state index contributed by atoms with van der Waals surface area (Å²) in [5.41, 5.74) is -0.322. The van der Waals surface area contributed by atoms with Gasteiger partial charge in [-0.3, -0.25) is 4.79 Å². The molecule has 1 heterocycles. The van der Waals surface area contributed by atoms with Crippen LogP contribution in [0.1, 0.15) is 33.1 Å². The van der Waals surface area contributed by atoms with Gasteiger partial charge in [0.2, 0.25) is 0 Å². The molecule has 82 valence electrons. The van der Waals surface area contributed by atoms with E-state index >= 15 is 0 Å². The van der Waals surface area contributed by atoms with Gasteiger partial charge in [-0.1, -0.05) is 0 Å².